The van der Waals surface area contributed by atoms with Crippen LogP contribution < -0.4 is 5.32 Å². The van der Waals surface area contributed by atoms with E-state index in [9.17, 15) is 9.59 Å². The van der Waals surface area contributed by atoms with E-state index in [1.165, 1.54) is 12.7 Å². The summed E-state index contributed by atoms with van der Waals surface area (Å²) in [5.74, 6) is 0.167. The van der Waals surface area contributed by atoms with Crippen molar-refractivity contribution < 1.29 is 14.3 Å². The zero-order valence-corrected chi connectivity index (χ0v) is 13.0. The summed E-state index contributed by atoms with van der Waals surface area (Å²) >= 11 is 0. The Morgan fingerprint density at radius 3 is 2.77 bits per heavy atom. The van der Waals surface area contributed by atoms with Crippen LogP contribution in [-0.4, -0.2) is 25.0 Å². The summed E-state index contributed by atoms with van der Waals surface area (Å²) < 4.78 is 4.75. The number of rotatable bonds is 5. The lowest BCUT2D eigenvalue weighted by molar-refractivity contribution is -0.141. The molecule has 22 heavy (non-hydrogen) atoms. The Bertz CT molecular complexity index is 565. The summed E-state index contributed by atoms with van der Waals surface area (Å²) in [4.78, 5) is 24.2. The second-order valence-electron chi connectivity index (χ2n) is 6.38. The first-order chi connectivity index (χ1) is 10.7. The number of benzene rings is 1. The first-order valence-electron chi connectivity index (χ1n) is 8.14. The van der Waals surface area contributed by atoms with E-state index < -0.39 is 0 Å². The number of hydrogen-bond acceptors (Lipinski definition) is 3. The zero-order chi connectivity index (χ0) is 15.5. The van der Waals surface area contributed by atoms with Crippen molar-refractivity contribution in [1.82, 2.24) is 5.32 Å². The molecule has 2 aliphatic carbocycles. The van der Waals surface area contributed by atoms with Gasteiger partial charge in [-0.2, -0.15) is 0 Å². The van der Waals surface area contributed by atoms with E-state index in [0.717, 1.165) is 37.7 Å². The highest BCUT2D eigenvalue weighted by Crippen LogP contribution is 2.36. The molecule has 0 aromatic heterocycles. The Hall–Kier alpha value is -1.84. The Labute approximate surface area is 131 Å². The zero-order valence-electron chi connectivity index (χ0n) is 13.0. The van der Waals surface area contributed by atoms with Gasteiger partial charge in [-0.25, -0.2) is 0 Å². The lowest BCUT2D eigenvalue weighted by Gasteiger charge is -2.27. The molecule has 0 heterocycles. The number of nitrogens with one attached hydrogen (secondary N) is 1. The number of methoxy groups -OCH3 is 1. The summed E-state index contributed by atoms with van der Waals surface area (Å²) in [6.45, 7) is 0. The largest absolute Gasteiger partial charge is 0.469 e. The summed E-state index contributed by atoms with van der Waals surface area (Å²) in [6.07, 6.45) is 5.43. The molecule has 0 bridgehead atoms. The van der Waals surface area contributed by atoms with Gasteiger partial charge in [-0.1, -0.05) is 24.3 Å². The molecule has 1 fully saturated rings. The van der Waals surface area contributed by atoms with Crippen molar-refractivity contribution in [3.05, 3.63) is 35.4 Å². The first-order valence-corrected chi connectivity index (χ1v) is 8.14. The van der Waals surface area contributed by atoms with E-state index in [-0.39, 0.29) is 30.3 Å². The highest BCUT2D eigenvalue weighted by Gasteiger charge is 2.36. The fourth-order valence-corrected chi connectivity index (χ4v) is 3.41. The summed E-state index contributed by atoms with van der Waals surface area (Å²) in [7, 11) is 1.39. The fourth-order valence-electron chi connectivity index (χ4n) is 3.41. The van der Waals surface area contributed by atoms with Crippen LogP contribution >= 0.6 is 0 Å². The second kappa shape index (κ2) is 6.51. The third kappa shape index (κ3) is 3.32. The minimum absolute atomic E-state index is 0.0629. The number of carbonyl (C=O) groups excluding carboxylic acids is 2. The normalized spacial score (nSPS) is 21.6. The monoisotopic (exact) mass is 301 g/mol. The van der Waals surface area contributed by atoms with Crippen LogP contribution in [0.2, 0.25) is 0 Å². The number of aryl methyl sites for hydroxylation is 1. The van der Waals surface area contributed by atoms with Gasteiger partial charge in [0.15, 0.2) is 0 Å². The standard InChI is InChI=1S/C18H23NO3/c1-22-17(20)11-16(13-9-10-13)19-18(21)15-8-4-6-12-5-2-3-7-14(12)15/h2-3,5,7,13,15-16H,4,6,8-11H2,1H3,(H,19,21)/t15-,16+/m0/s1. The molecular formula is C18H23NO3. The van der Waals surface area contributed by atoms with Crippen LogP contribution in [0.15, 0.2) is 24.3 Å². The molecule has 2 aliphatic rings. The smallest absolute Gasteiger partial charge is 0.307 e. The predicted molar refractivity (Wildman–Crippen MR) is 83.4 cm³/mol. The summed E-state index contributed by atoms with van der Waals surface area (Å²) in [6, 6.07) is 8.13. The first kappa shape index (κ1) is 15.1. The lowest BCUT2D eigenvalue weighted by atomic mass is 9.82. The minimum atomic E-state index is -0.249. The van der Waals surface area contributed by atoms with E-state index in [1.807, 2.05) is 12.1 Å². The molecule has 0 saturated heterocycles. The fraction of sp³-hybridized carbons (Fsp3) is 0.556. The Balaban J connectivity index is 1.70. The molecule has 118 valence electrons. The van der Waals surface area contributed by atoms with Gasteiger partial charge in [0.1, 0.15) is 0 Å². The van der Waals surface area contributed by atoms with Crippen LogP contribution in [0.1, 0.15) is 49.1 Å². The topological polar surface area (TPSA) is 55.4 Å². The molecule has 0 spiro atoms. The molecule has 3 rings (SSSR count). The van der Waals surface area contributed by atoms with Crippen LogP contribution in [0.3, 0.4) is 0 Å². The third-order valence-electron chi connectivity index (χ3n) is 4.82. The van der Waals surface area contributed by atoms with Gasteiger partial charge >= 0.3 is 5.97 Å². The highest BCUT2D eigenvalue weighted by molar-refractivity contribution is 5.85. The molecular weight excluding hydrogens is 278 g/mol. The Kier molecular flexibility index (Phi) is 4.46. The van der Waals surface area contributed by atoms with Crippen molar-refractivity contribution in [3.63, 3.8) is 0 Å². The van der Waals surface area contributed by atoms with Crippen molar-refractivity contribution in [3.8, 4) is 0 Å². The van der Waals surface area contributed by atoms with Gasteiger partial charge in [0.05, 0.1) is 19.4 Å². The van der Waals surface area contributed by atoms with Gasteiger partial charge in [-0.05, 0) is 49.1 Å². The molecule has 1 amide bonds. The van der Waals surface area contributed by atoms with E-state index in [0.29, 0.717) is 5.92 Å². The second-order valence-corrected chi connectivity index (χ2v) is 6.38. The number of fused-ring (bicyclic) bond motifs is 1. The van der Waals surface area contributed by atoms with Crippen LogP contribution in [0.25, 0.3) is 0 Å². The van der Waals surface area contributed by atoms with Gasteiger partial charge in [-0.3, -0.25) is 9.59 Å². The Morgan fingerprint density at radius 2 is 2.05 bits per heavy atom. The van der Waals surface area contributed by atoms with Gasteiger partial charge in [0, 0.05) is 6.04 Å². The van der Waals surface area contributed by atoms with Gasteiger partial charge in [-0.15, -0.1) is 0 Å². The number of hydrogen-bond donors (Lipinski definition) is 1. The van der Waals surface area contributed by atoms with Crippen molar-refractivity contribution in [2.45, 2.75) is 50.5 Å². The van der Waals surface area contributed by atoms with Crippen molar-refractivity contribution in [2.75, 3.05) is 7.11 Å². The minimum Gasteiger partial charge on any atom is -0.469 e. The molecule has 4 heteroatoms. The molecule has 2 atom stereocenters. The number of ether oxygens (including phenoxy) is 1. The Morgan fingerprint density at radius 1 is 1.27 bits per heavy atom. The average molecular weight is 301 g/mol. The van der Waals surface area contributed by atoms with Gasteiger partial charge < -0.3 is 10.1 Å². The molecule has 1 aromatic carbocycles. The molecule has 0 aliphatic heterocycles. The van der Waals surface area contributed by atoms with Crippen molar-refractivity contribution in [2.24, 2.45) is 5.92 Å². The van der Waals surface area contributed by atoms with E-state index in [1.54, 1.807) is 0 Å². The molecule has 1 aromatic rings. The average Bonchev–Trinajstić information content (AvgIpc) is 3.38. The summed E-state index contributed by atoms with van der Waals surface area (Å²) in [5.41, 5.74) is 2.43. The van der Waals surface area contributed by atoms with Gasteiger partial charge in [0.25, 0.3) is 0 Å². The van der Waals surface area contributed by atoms with Crippen molar-refractivity contribution in [1.29, 1.82) is 0 Å². The van der Waals surface area contributed by atoms with Crippen LogP contribution in [0.5, 0.6) is 0 Å². The number of esters is 1. The predicted octanol–water partition coefficient (Wildman–Crippen LogP) is 2.56. The van der Waals surface area contributed by atoms with Crippen LogP contribution in [0.4, 0.5) is 0 Å². The highest BCUT2D eigenvalue weighted by atomic mass is 16.5. The SMILES string of the molecule is COC(=O)C[C@@H](NC(=O)[C@H]1CCCc2ccccc21)C1CC1. The van der Waals surface area contributed by atoms with Crippen LogP contribution in [-0.2, 0) is 20.7 Å². The summed E-state index contributed by atoms with van der Waals surface area (Å²) in [5, 5.41) is 3.12. The molecule has 0 unspecified atom stereocenters. The van der Waals surface area contributed by atoms with Crippen molar-refractivity contribution >= 4 is 11.9 Å². The molecule has 1 N–H and O–H groups in total. The molecule has 0 radical (unpaired) electrons. The number of amides is 1. The third-order valence-corrected chi connectivity index (χ3v) is 4.82. The maximum Gasteiger partial charge on any atom is 0.307 e. The van der Waals surface area contributed by atoms with Crippen LogP contribution in [0, 0.1) is 5.92 Å². The molecule has 4 nitrogen and oxygen atoms in total. The maximum atomic E-state index is 12.7. The quantitative estimate of drug-likeness (QED) is 0.850. The van der Waals surface area contributed by atoms with E-state index in [4.69, 9.17) is 4.74 Å². The van der Waals surface area contributed by atoms with Gasteiger partial charge in [0.2, 0.25) is 5.91 Å². The lowest BCUT2D eigenvalue weighted by Crippen LogP contribution is -2.41. The molecule has 1 saturated carbocycles. The maximum absolute atomic E-state index is 12.7. The van der Waals surface area contributed by atoms with E-state index in [2.05, 4.69) is 17.4 Å². The number of carbonyl (C=O) groups is 2. The van der Waals surface area contributed by atoms with E-state index >= 15 is 0 Å².